The van der Waals surface area contributed by atoms with Gasteiger partial charge in [-0.2, -0.15) is 15.4 Å². The molecule has 1 N–H and O–H groups in total. The van der Waals surface area contributed by atoms with Crippen molar-refractivity contribution in [3.8, 4) is 0 Å². The number of rotatable bonds is 1. The van der Waals surface area contributed by atoms with Gasteiger partial charge in [0, 0.05) is 37.0 Å². The molecule has 0 unspecified atom stereocenters. The fourth-order valence-electron chi connectivity index (χ4n) is 2.73. The van der Waals surface area contributed by atoms with E-state index in [-0.39, 0.29) is 18.3 Å². The number of amides is 1. The van der Waals surface area contributed by atoms with Crippen LogP contribution in [-0.4, -0.2) is 45.5 Å². The van der Waals surface area contributed by atoms with Crippen molar-refractivity contribution in [1.82, 2.24) is 20.3 Å². The van der Waals surface area contributed by atoms with E-state index in [0.29, 0.717) is 17.0 Å². The van der Waals surface area contributed by atoms with Gasteiger partial charge in [-0.15, -0.1) is 12.4 Å². The molecule has 0 spiro atoms. The van der Waals surface area contributed by atoms with Gasteiger partial charge >= 0.3 is 0 Å². The van der Waals surface area contributed by atoms with Crippen molar-refractivity contribution in [3.05, 3.63) is 35.5 Å². The first-order valence-electron chi connectivity index (χ1n) is 6.64. The quantitative estimate of drug-likeness (QED) is 0.873. The molecule has 0 aliphatic carbocycles. The molecule has 2 aliphatic rings. The maximum atomic E-state index is 12.5. The van der Waals surface area contributed by atoms with Crippen molar-refractivity contribution in [3.63, 3.8) is 0 Å². The molecule has 0 saturated heterocycles. The van der Waals surface area contributed by atoms with E-state index in [1.807, 2.05) is 18.5 Å². The van der Waals surface area contributed by atoms with Crippen LogP contribution in [0, 0.1) is 5.92 Å². The summed E-state index contributed by atoms with van der Waals surface area (Å²) in [7, 11) is 0. The van der Waals surface area contributed by atoms with E-state index in [2.05, 4.69) is 20.4 Å². The minimum Gasteiger partial charge on any atom is -0.315 e. The Morgan fingerprint density at radius 1 is 1.29 bits per heavy atom. The minimum absolute atomic E-state index is 0. The lowest BCUT2D eigenvalue weighted by atomic mass is 9.96. The van der Waals surface area contributed by atoms with E-state index in [1.54, 1.807) is 17.0 Å². The van der Waals surface area contributed by atoms with Gasteiger partial charge in [-0.3, -0.25) is 9.79 Å². The Bertz CT molecular complexity index is 751. The highest BCUT2D eigenvalue weighted by Gasteiger charge is 2.26. The van der Waals surface area contributed by atoms with Gasteiger partial charge in [-0.25, -0.2) is 0 Å². The zero-order chi connectivity index (χ0) is 13.5. The molecule has 108 valence electrons. The van der Waals surface area contributed by atoms with E-state index in [9.17, 15) is 4.79 Å². The molecule has 0 fully saturated rings. The lowest BCUT2D eigenvalue weighted by Gasteiger charge is -2.26. The summed E-state index contributed by atoms with van der Waals surface area (Å²) in [5, 5.41) is 10.6. The number of halogens is 1. The van der Waals surface area contributed by atoms with Crippen molar-refractivity contribution >= 4 is 35.6 Å². The van der Waals surface area contributed by atoms with Crippen molar-refractivity contribution in [1.29, 1.82) is 0 Å². The van der Waals surface area contributed by atoms with Crippen LogP contribution in [-0.2, 0) is 0 Å². The fourth-order valence-corrected chi connectivity index (χ4v) is 2.73. The molecule has 0 bridgehead atoms. The van der Waals surface area contributed by atoms with Crippen molar-refractivity contribution in [2.45, 2.75) is 6.42 Å². The highest BCUT2D eigenvalue weighted by molar-refractivity contribution is 5.98. The summed E-state index contributed by atoms with van der Waals surface area (Å²) in [4.78, 5) is 18.6. The minimum atomic E-state index is 0. The topological polar surface area (TPSA) is 74.2 Å². The molecular weight excluding hydrogens is 290 g/mol. The fraction of sp³-hybridized carbons (Fsp3) is 0.286. The normalized spacial score (nSPS) is 20.1. The van der Waals surface area contributed by atoms with Gasteiger partial charge in [-0.1, -0.05) is 0 Å². The molecule has 1 atom stereocenters. The Kier molecular flexibility index (Phi) is 3.47. The third-order valence-electron chi connectivity index (χ3n) is 3.89. The average Bonchev–Trinajstić information content (AvgIpc) is 3.13. The molecule has 21 heavy (non-hydrogen) atoms. The second-order valence-corrected chi connectivity index (χ2v) is 5.13. The van der Waals surface area contributed by atoms with Crippen LogP contribution in [0.5, 0.6) is 0 Å². The van der Waals surface area contributed by atoms with Crippen LogP contribution in [0.25, 0.3) is 11.0 Å². The Morgan fingerprint density at radius 2 is 2.14 bits per heavy atom. The van der Waals surface area contributed by atoms with Crippen LogP contribution in [0.4, 0.5) is 0 Å². The summed E-state index contributed by atoms with van der Waals surface area (Å²) in [6.07, 6.45) is 4.79. The SMILES string of the molecule is Cl.O=C(c1ccc2n[nH]nc2c1)N1C=C2C=NC[C@H]2CC1. The predicted octanol–water partition coefficient (Wildman–Crippen LogP) is 1.81. The highest BCUT2D eigenvalue weighted by Crippen LogP contribution is 2.26. The van der Waals surface area contributed by atoms with E-state index >= 15 is 0 Å². The number of hydrogen-bond donors (Lipinski definition) is 1. The van der Waals surface area contributed by atoms with Gasteiger partial charge in [0.2, 0.25) is 0 Å². The molecule has 7 heteroatoms. The molecule has 1 amide bonds. The molecule has 2 aliphatic heterocycles. The number of aromatic nitrogens is 3. The molecule has 1 aromatic heterocycles. The van der Waals surface area contributed by atoms with Crippen LogP contribution in [0.2, 0.25) is 0 Å². The molecular formula is C14H14ClN5O. The summed E-state index contributed by atoms with van der Waals surface area (Å²) < 4.78 is 0. The Hall–Kier alpha value is -2.21. The first-order chi connectivity index (χ1) is 9.81. The van der Waals surface area contributed by atoms with Gasteiger partial charge in [0.15, 0.2) is 0 Å². The number of aromatic amines is 1. The highest BCUT2D eigenvalue weighted by atomic mass is 35.5. The lowest BCUT2D eigenvalue weighted by molar-refractivity contribution is 0.0808. The summed E-state index contributed by atoms with van der Waals surface area (Å²) in [5.74, 6) is 0.498. The Balaban J connectivity index is 0.00000132. The number of nitrogens with zero attached hydrogens (tertiary/aromatic N) is 4. The molecule has 0 saturated carbocycles. The number of carbonyl (C=O) groups is 1. The second-order valence-electron chi connectivity index (χ2n) is 5.13. The number of fused-ring (bicyclic) bond motifs is 2. The zero-order valence-electron chi connectivity index (χ0n) is 11.2. The maximum Gasteiger partial charge on any atom is 0.257 e. The van der Waals surface area contributed by atoms with E-state index in [1.165, 1.54) is 0 Å². The monoisotopic (exact) mass is 303 g/mol. The summed E-state index contributed by atoms with van der Waals surface area (Å²) in [6, 6.07) is 5.37. The number of H-pyrrole nitrogens is 1. The van der Waals surface area contributed by atoms with Gasteiger partial charge < -0.3 is 4.90 Å². The smallest absolute Gasteiger partial charge is 0.257 e. The summed E-state index contributed by atoms with van der Waals surface area (Å²) in [6.45, 7) is 1.60. The number of nitrogens with one attached hydrogen (secondary N) is 1. The van der Waals surface area contributed by atoms with E-state index in [4.69, 9.17) is 0 Å². The molecule has 2 aromatic rings. The van der Waals surface area contributed by atoms with Gasteiger partial charge in [0.25, 0.3) is 5.91 Å². The molecule has 6 nitrogen and oxygen atoms in total. The first-order valence-corrected chi connectivity index (χ1v) is 6.64. The molecule has 1 aromatic carbocycles. The van der Waals surface area contributed by atoms with Gasteiger partial charge in [0.05, 0.1) is 0 Å². The standard InChI is InChI=1S/C14H13N5O.ClH/c20-14(9-1-2-12-13(5-9)17-18-16-12)19-4-3-10-6-15-7-11(10)8-19;/h1-2,5,7-8,10H,3-4,6H2,(H,16,17,18);1H/t10-;/m1./s1. The van der Waals surface area contributed by atoms with Crippen LogP contribution < -0.4 is 0 Å². The summed E-state index contributed by atoms with van der Waals surface area (Å²) >= 11 is 0. The third-order valence-corrected chi connectivity index (χ3v) is 3.89. The predicted molar refractivity (Wildman–Crippen MR) is 81.7 cm³/mol. The first kappa shape index (κ1) is 13.8. The van der Waals surface area contributed by atoms with E-state index < -0.39 is 0 Å². The van der Waals surface area contributed by atoms with Crippen molar-refractivity contribution in [2.24, 2.45) is 10.9 Å². The van der Waals surface area contributed by atoms with Gasteiger partial charge in [-0.05, 0) is 30.2 Å². The van der Waals surface area contributed by atoms with Crippen LogP contribution >= 0.6 is 12.4 Å². The second kappa shape index (κ2) is 5.29. The van der Waals surface area contributed by atoms with Gasteiger partial charge in [0.1, 0.15) is 11.0 Å². The third kappa shape index (κ3) is 2.31. The molecule has 0 radical (unpaired) electrons. The number of carbonyl (C=O) groups excluding carboxylic acids is 1. The Morgan fingerprint density at radius 3 is 3.05 bits per heavy atom. The molecule has 4 rings (SSSR count). The van der Waals surface area contributed by atoms with Crippen molar-refractivity contribution in [2.75, 3.05) is 13.1 Å². The zero-order valence-corrected chi connectivity index (χ0v) is 12.0. The Labute approximate surface area is 127 Å². The lowest BCUT2D eigenvalue weighted by Crippen LogP contribution is -2.32. The average molecular weight is 304 g/mol. The summed E-state index contributed by atoms with van der Waals surface area (Å²) in [5.41, 5.74) is 3.27. The van der Waals surface area contributed by atoms with Crippen LogP contribution in [0.1, 0.15) is 16.8 Å². The number of hydrogen-bond acceptors (Lipinski definition) is 4. The largest absolute Gasteiger partial charge is 0.315 e. The van der Waals surface area contributed by atoms with Crippen LogP contribution in [0.15, 0.2) is 35.0 Å². The maximum absolute atomic E-state index is 12.5. The molecule has 3 heterocycles. The number of benzene rings is 1. The van der Waals surface area contributed by atoms with Crippen molar-refractivity contribution < 1.29 is 4.79 Å². The van der Waals surface area contributed by atoms with Crippen LogP contribution in [0.3, 0.4) is 0 Å². The van der Waals surface area contributed by atoms with E-state index in [0.717, 1.165) is 30.6 Å². The number of aliphatic imine (C=N–C) groups is 1.